The van der Waals surface area contributed by atoms with Crippen LogP contribution >= 0.6 is 27.5 Å². The minimum atomic E-state index is -0.119. The lowest BCUT2D eigenvalue weighted by Gasteiger charge is -2.23. The average Bonchev–Trinajstić information content (AvgIpc) is 2.30. The van der Waals surface area contributed by atoms with Crippen molar-refractivity contribution in [3.8, 4) is 0 Å². The molecule has 100 valence electrons. The van der Waals surface area contributed by atoms with Crippen LogP contribution < -0.4 is 5.32 Å². The number of nitrogens with zero attached hydrogens (tertiary/aromatic N) is 2. The Labute approximate surface area is 120 Å². The fourth-order valence-corrected chi connectivity index (χ4v) is 2.71. The van der Waals surface area contributed by atoms with E-state index < -0.39 is 0 Å². The van der Waals surface area contributed by atoms with Crippen molar-refractivity contribution in [2.24, 2.45) is 0 Å². The second-order valence-corrected chi connectivity index (χ2v) is 5.88. The third-order valence-electron chi connectivity index (χ3n) is 3.24. The summed E-state index contributed by atoms with van der Waals surface area (Å²) in [5.74, 6) is 0.751. The van der Waals surface area contributed by atoms with Gasteiger partial charge in [-0.05, 0) is 66.1 Å². The van der Waals surface area contributed by atoms with Crippen molar-refractivity contribution >= 4 is 33.3 Å². The molecular formula is C12H17BrClN3O. The number of hydrogen-bond acceptors (Lipinski definition) is 4. The Morgan fingerprint density at radius 2 is 1.94 bits per heavy atom. The van der Waals surface area contributed by atoms with E-state index in [9.17, 15) is 5.11 Å². The van der Waals surface area contributed by atoms with E-state index in [1.807, 2.05) is 0 Å². The first-order valence-electron chi connectivity index (χ1n) is 6.28. The highest BCUT2D eigenvalue weighted by atomic mass is 79.9. The Hall–Kier alpha value is -0.390. The standard InChI is InChI=1S/C12H17BrClN3O/c13-10-7-15-12(14)17-11(10)16-8-3-1-5-9(18)6-2-4-8/h7-9,18H,1-6H2,(H,15,16,17). The number of anilines is 1. The summed E-state index contributed by atoms with van der Waals surface area (Å²) in [7, 11) is 0. The molecule has 1 saturated carbocycles. The summed E-state index contributed by atoms with van der Waals surface area (Å²) < 4.78 is 0.828. The number of rotatable bonds is 2. The fraction of sp³-hybridized carbons (Fsp3) is 0.667. The molecular weight excluding hydrogens is 318 g/mol. The van der Waals surface area contributed by atoms with Gasteiger partial charge in [0, 0.05) is 12.2 Å². The van der Waals surface area contributed by atoms with E-state index in [0.29, 0.717) is 6.04 Å². The molecule has 2 rings (SSSR count). The lowest BCUT2D eigenvalue weighted by molar-refractivity contribution is 0.140. The summed E-state index contributed by atoms with van der Waals surface area (Å²) in [5.41, 5.74) is 0. The van der Waals surface area contributed by atoms with Crippen molar-refractivity contribution in [1.29, 1.82) is 0 Å². The fourth-order valence-electron chi connectivity index (χ4n) is 2.27. The molecule has 0 unspecified atom stereocenters. The summed E-state index contributed by atoms with van der Waals surface area (Å²) in [6.07, 6.45) is 7.49. The zero-order chi connectivity index (χ0) is 13.0. The quantitative estimate of drug-likeness (QED) is 0.814. The van der Waals surface area contributed by atoms with Crippen LogP contribution in [-0.2, 0) is 0 Å². The highest BCUT2D eigenvalue weighted by Crippen LogP contribution is 2.25. The third-order valence-corrected chi connectivity index (χ3v) is 4.00. The van der Waals surface area contributed by atoms with Gasteiger partial charge in [-0.15, -0.1) is 0 Å². The van der Waals surface area contributed by atoms with Crippen LogP contribution in [0.2, 0.25) is 5.28 Å². The number of aliphatic hydroxyl groups excluding tert-OH is 1. The highest BCUT2D eigenvalue weighted by molar-refractivity contribution is 9.10. The molecule has 0 aliphatic heterocycles. The number of nitrogens with one attached hydrogen (secondary N) is 1. The second kappa shape index (κ2) is 6.68. The van der Waals surface area contributed by atoms with Gasteiger partial charge in [-0.3, -0.25) is 0 Å². The van der Waals surface area contributed by atoms with Gasteiger partial charge >= 0.3 is 0 Å². The molecule has 6 heteroatoms. The van der Waals surface area contributed by atoms with E-state index in [0.717, 1.165) is 48.8 Å². The van der Waals surface area contributed by atoms with Gasteiger partial charge in [0.2, 0.25) is 5.28 Å². The van der Waals surface area contributed by atoms with Crippen LogP contribution in [0.1, 0.15) is 38.5 Å². The van der Waals surface area contributed by atoms with Crippen molar-refractivity contribution in [1.82, 2.24) is 9.97 Å². The lowest BCUT2D eigenvalue weighted by atomic mass is 9.95. The summed E-state index contributed by atoms with van der Waals surface area (Å²) >= 11 is 9.21. The van der Waals surface area contributed by atoms with Gasteiger partial charge in [-0.25, -0.2) is 4.98 Å². The van der Waals surface area contributed by atoms with Crippen LogP contribution in [0.5, 0.6) is 0 Å². The Bertz CT molecular complexity index is 395. The van der Waals surface area contributed by atoms with Gasteiger partial charge in [0.25, 0.3) is 0 Å². The van der Waals surface area contributed by atoms with Crippen LogP contribution in [0.4, 0.5) is 5.82 Å². The molecule has 1 heterocycles. The molecule has 1 fully saturated rings. The lowest BCUT2D eigenvalue weighted by Crippen LogP contribution is -2.24. The minimum Gasteiger partial charge on any atom is -0.393 e. The van der Waals surface area contributed by atoms with Crippen LogP contribution in [-0.4, -0.2) is 27.2 Å². The van der Waals surface area contributed by atoms with Crippen molar-refractivity contribution in [2.45, 2.75) is 50.7 Å². The topological polar surface area (TPSA) is 58.0 Å². The maximum Gasteiger partial charge on any atom is 0.224 e. The van der Waals surface area contributed by atoms with E-state index in [-0.39, 0.29) is 11.4 Å². The van der Waals surface area contributed by atoms with Gasteiger partial charge in [0.05, 0.1) is 10.6 Å². The first kappa shape index (κ1) is 14.0. The van der Waals surface area contributed by atoms with E-state index in [2.05, 4.69) is 31.2 Å². The average molecular weight is 335 g/mol. The first-order valence-corrected chi connectivity index (χ1v) is 7.45. The molecule has 4 nitrogen and oxygen atoms in total. The maximum absolute atomic E-state index is 9.60. The number of aliphatic hydroxyl groups is 1. The van der Waals surface area contributed by atoms with E-state index in [4.69, 9.17) is 11.6 Å². The zero-order valence-corrected chi connectivity index (χ0v) is 12.4. The third kappa shape index (κ3) is 4.07. The molecule has 2 N–H and O–H groups in total. The summed E-state index contributed by atoms with van der Waals surface area (Å²) in [6.45, 7) is 0. The van der Waals surface area contributed by atoms with Gasteiger partial charge in [0.15, 0.2) is 0 Å². The Morgan fingerprint density at radius 3 is 2.61 bits per heavy atom. The van der Waals surface area contributed by atoms with Gasteiger partial charge in [0.1, 0.15) is 5.82 Å². The normalized spacial score (nSPS) is 25.3. The smallest absolute Gasteiger partial charge is 0.224 e. The van der Waals surface area contributed by atoms with E-state index in [1.54, 1.807) is 6.20 Å². The zero-order valence-electron chi connectivity index (χ0n) is 10.1. The Balaban J connectivity index is 1.97. The second-order valence-electron chi connectivity index (χ2n) is 4.69. The van der Waals surface area contributed by atoms with Crippen LogP contribution in [0.3, 0.4) is 0 Å². The Morgan fingerprint density at radius 1 is 1.28 bits per heavy atom. The van der Waals surface area contributed by atoms with Crippen molar-refractivity contribution < 1.29 is 5.11 Å². The minimum absolute atomic E-state index is 0.119. The van der Waals surface area contributed by atoms with Crippen molar-refractivity contribution in [3.05, 3.63) is 16.0 Å². The molecule has 0 spiro atoms. The highest BCUT2D eigenvalue weighted by Gasteiger charge is 2.16. The molecule has 1 aromatic rings. The number of hydrogen-bond donors (Lipinski definition) is 2. The van der Waals surface area contributed by atoms with Crippen LogP contribution in [0, 0.1) is 0 Å². The largest absolute Gasteiger partial charge is 0.393 e. The molecule has 0 radical (unpaired) electrons. The van der Waals surface area contributed by atoms with Crippen molar-refractivity contribution in [3.63, 3.8) is 0 Å². The summed E-state index contributed by atoms with van der Waals surface area (Å²) in [5, 5.41) is 13.3. The number of aromatic nitrogens is 2. The maximum atomic E-state index is 9.60. The van der Waals surface area contributed by atoms with Gasteiger partial charge < -0.3 is 10.4 Å². The van der Waals surface area contributed by atoms with E-state index in [1.165, 1.54) is 0 Å². The summed E-state index contributed by atoms with van der Waals surface area (Å²) in [6, 6.07) is 0.389. The van der Waals surface area contributed by atoms with E-state index >= 15 is 0 Å². The molecule has 0 amide bonds. The molecule has 18 heavy (non-hydrogen) atoms. The summed E-state index contributed by atoms with van der Waals surface area (Å²) in [4.78, 5) is 8.09. The molecule has 1 aromatic heterocycles. The molecule has 1 aliphatic carbocycles. The predicted molar refractivity (Wildman–Crippen MR) is 75.9 cm³/mol. The predicted octanol–water partition coefficient (Wildman–Crippen LogP) is 3.39. The first-order chi connectivity index (χ1) is 8.65. The number of halogens is 2. The van der Waals surface area contributed by atoms with Crippen LogP contribution in [0.25, 0.3) is 0 Å². The molecule has 0 bridgehead atoms. The van der Waals surface area contributed by atoms with Gasteiger partial charge in [-0.1, -0.05) is 0 Å². The molecule has 0 saturated heterocycles. The molecule has 0 atom stereocenters. The molecule has 1 aliphatic rings. The molecule has 0 aromatic carbocycles. The van der Waals surface area contributed by atoms with Crippen molar-refractivity contribution in [2.75, 3.05) is 5.32 Å². The monoisotopic (exact) mass is 333 g/mol. The Kier molecular flexibility index (Phi) is 5.21. The van der Waals surface area contributed by atoms with Crippen LogP contribution in [0.15, 0.2) is 10.7 Å². The SMILES string of the molecule is OC1CCCC(Nc2nc(Cl)ncc2Br)CCC1. The van der Waals surface area contributed by atoms with Gasteiger partial charge in [-0.2, -0.15) is 4.98 Å².